The van der Waals surface area contributed by atoms with Crippen molar-refractivity contribution in [1.29, 1.82) is 0 Å². The van der Waals surface area contributed by atoms with E-state index in [1.165, 1.54) is 5.56 Å². The predicted molar refractivity (Wildman–Crippen MR) is 59.7 cm³/mol. The van der Waals surface area contributed by atoms with Crippen molar-refractivity contribution >= 4 is 5.71 Å². The smallest absolute Gasteiger partial charge is 0.154 e. The Morgan fingerprint density at radius 1 is 1.20 bits per heavy atom. The van der Waals surface area contributed by atoms with Crippen LogP contribution < -0.4 is 0 Å². The second kappa shape index (κ2) is 3.54. The van der Waals surface area contributed by atoms with Gasteiger partial charge in [0.15, 0.2) is 6.10 Å². The van der Waals surface area contributed by atoms with E-state index in [9.17, 15) is 0 Å². The van der Waals surface area contributed by atoms with Crippen LogP contribution in [0.3, 0.4) is 0 Å². The van der Waals surface area contributed by atoms with Crippen molar-refractivity contribution in [2.75, 3.05) is 0 Å². The third-order valence-electron chi connectivity index (χ3n) is 3.06. The third kappa shape index (κ3) is 1.46. The van der Waals surface area contributed by atoms with Gasteiger partial charge in [-0.05, 0) is 24.5 Å². The van der Waals surface area contributed by atoms with Crippen LogP contribution >= 0.6 is 0 Å². The number of allylic oxidation sites excluding steroid dienone is 1. The van der Waals surface area contributed by atoms with Crippen LogP contribution in [0.2, 0.25) is 0 Å². The SMILES string of the molecule is C1=C[C@@H]2ON=C(c3ccccc3)[C@@H]2CC1. The Bertz CT molecular complexity index is 408. The summed E-state index contributed by atoms with van der Waals surface area (Å²) in [5, 5.41) is 4.22. The van der Waals surface area contributed by atoms with Crippen LogP contribution in [-0.2, 0) is 4.84 Å². The number of hydrogen-bond acceptors (Lipinski definition) is 2. The molecular weight excluding hydrogens is 186 g/mol. The van der Waals surface area contributed by atoms with Gasteiger partial charge < -0.3 is 4.84 Å². The van der Waals surface area contributed by atoms with Crippen LogP contribution in [-0.4, -0.2) is 11.8 Å². The summed E-state index contributed by atoms with van der Waals surface area (Å²) in [5.41, 5.74) is 2.31. The Morgan fingerprint density at radius 3 is 2.93 bits per heavy atom. The lowest BCUT2D eigenvalue weighted by Crippen LogP contribution is -2.24. The molecule has 0 saturated heterocycles. The third-order valence-corrected chi connectivity index (χ3v) is 3.06. The fraction of sp³-hybridized carbons (Fsp3) is 0.308. The van der Waals surface area contributed by atoms with E-state index in [1.807, 2.05) is 18.2 Å². The lowest BCUT2D eigenvalue weighted by molar-refractivity contribution is 0.0919. The topological polar surface area (TPSA) is 21.6 Å². The Morgan fingerprint density at radius 2 is 2.07 bits per heavy atom. The van der Waals surface area contributed by atoms with Crippen molar-refractivity contribution in [2.45, 2.75) is 18.9 Å². The highest BCUT2D eigenvalue weighted by molar-refractivity contribution is 6.03. The number of benzene rings is 1. The van der Waals surface area contributed by atoms with Crippen LogP contribution in [0.4, 0.5) is 0 Å². The second-order valence-corrected chi connectivity index (χ2v) is 4.02. The van der Waals surface area contributed by atoms with Gasteiger partial charge in [-0.15, -0.1) is 0 Å². The minimum atomic E-state index is 0.175. The van der Waals surface area contributed by atoms with E-state index in [1.54, 1.807) is 0 Å². The minimum Gasteiger partial charge on any atom is -0.387 e. The minimum absolute atomic E-state index is 0.175. The molecule has 2 nitrogen and oxygen atoms in total. The van der Waals surface area contributed by atoms with Gasteiger partial charge >= 0.3 is 0 Å². The lowest BCUT2D eigenvalue weighted by Gasteiger charge is -2.18. The fourth-order valence-corrected chi connectivity index (χ4v) is 2.27. The van der Waals surface area contributed by atoms with Gasteiger partial charge in [0.2, 0.25) is 0 Å². The molecule has 1 aliphatic heterocycles. The summed E-state index contributed by atoms with van der Waals surface area (Å²) < 4.78 is 0. The summed E-state index contributed by atoms with van der Waals surface area (Å²) >= 11 is 0. The summed E-state index contributed by atoms with van der Waals surface area (Å²) in [6, 6.07) is 10.3. The molecule has 0 N–H and O–H groups in total. The van der Waals surface area contributed by atoms with Crippen LogP contribution in [0.25, 0.3) is 0 Å². The lowest BCUT2D eigenvalue weighted by atomic mass is 9.85. The zero-order chi connectivity index (χ0) is 10.1. The number of rotatable bonds is 1. The first-order valence-corrected chi connectivity index (χ1v) is 5.41. The molecule has 1 aliphatic carbocycles. The molecule has 76 valence electrons. The number of hydrogen-bond donors (Lipinski definition) is 0. The maximum atomic E-state index is 5.43. The zero-order valence-corrected chi connectivity index (χ0v) is 8.47. The zero-order valence-electron chi connectivity index (χ0n) is 8.47. The van der Waals surface area contributed by atoms with E-state index < -0.39 is 0 Å². The van der Waals surface area contributed by atoms with Crippen molar-refractivity contribution in [3.05, 3.63) is 48.0 Å². The standard InChI is InChI=1S/C13H13NO/c1-2-6-10(7-3-1)13-11-8-4-5-9-12(11)15-14-13/h1-3,5-7,9,11-12H,4,8H2/t11-,12+/m1/s1. The first-order chi connectivity index (χ1) is 7.45. The largest absolute Gasteiger partial charge is 0.387 e. The molecule has 2 atom stereocenters. The molecule has 0 radical (unpaired) electrons. The van der Waals surface area contributed by atoms with Crippen LogP contribution in [0.15, 0.2) is 47.6 Å². The highest BCUT2D eigenvalue weighted by atomic mass is 16.6. The van der Waals surface area contributed by atoms with E-state index in [0.717, 1.165) is 18.6 Å². The Hall–Kier alpha value is -1.57. The molecule has 1 heterocycles. The molecule has 0 spiro atoms. The number of fused-ring (bicyclic) bond motifs is 1. The van der Waals surface area contributed by atoms with Crippen molar-refractivity contribution in [3.63, 3.8) is 0 Å². The van der Waals surface area contributed by atoms with Gasteiger partial charge in [0.05, 0.1) is 5.71 Å². The molecule has 2 aliphatic rings. The number of oxime groups is 1. The molecule has 1 aromatic rings. The van der Waals surface area contributed by atoms with Crippen molar-refractivity contribution in [3.8, 4) is 0 Å². The van der Waals surface area contributed by atoms with Gasteiger partial charge in [-0.25, -0.2) is 0 Å². The van der Waals surface area contributed by atoms with Crippen molar-refractivity contribution in [1.82, 2.24) is 0 Å². The van der Waals surface area contributed by atoms with Crippen LogP contribution in [0.1, 0.15) is 18.4 Å². The average Bonchev–Trinajstić information content (AvgIpc) is 2.74. The number of nitrogens with zero attached hydrogens (tertiary/aromatic N) is 1. The molecule has 15 heavy (non-hydrogen) atoms. The van der Waals surface area contributed by atoms with E-state index in [-0.39, 0.29) is 6.10 Å². The van der Waals surface area contributed by atoms with Gasteiger partial charge in [0, 0.05) is 5.92 Å². The second-order valence-electron chi connectivity index (χ2n) is 4.02. The summed E-state index contributed by atoms with van der Waals surface area (Å²) in [5.74, 6) is 0.456. The van der Waals surface area contributed by atoms with E-state index in [0.29, 0.717) is 5.92 Å². The Kier molecular flexibility index (Phi) is 2.05. The highest BCUT2D eigenvalue weighted by Gasteiger charge is 2.34. The fourth-order valence-electron chi connectivity index (χ4n) is 2.27. The van der Waals surface area contributed by atoms with Crippen molar-refractivity contribution < 1.29 is 4.84 Å². The average molecular weight is 199 g/mol. The molecule has 0 unspecified atom stereocenters. The molecule has 1 aromatic carbocycles. The summed E-state index contributed by atoms with van der Waals surface area (Å²) in [4.78, 5) is 5.43. The molecule has 0 aromatic heterocycles. The van der Waals surface area contributed by atoms with Gasteiger partial charge in [-0.3, -0.25) is 0 Å². The van der Waals surface area contributed by atoms with Gasteiger partial charge in [0.25, 0.3) is 0 Å². The summed E-state index contributed by atoms with van der Waals surface area (Å²) in [6.45, 7) is 0. The molecule has 0 fully saturated rings. The maximum Gasteiger partial charge on any atom is 0.154 e. The molecule has 0 saturated carbocycles. The predicted octanol–water partition coefficient (Wildman–Crippen LogP) is 2.76. The summed E-state index contributed by atoms with van der Waals surface area (Å²) in [7, 11) is 0. The molecule has 3 rings (SSSR count). The Labute approximate surface area is 89.2 Å². The molecule has 2 heteroatoms. The van der Waals surface area contributed by atoms with E-state index in [2.05, 4.69) is 29.4 Å². The molecular formula is C13H13NO. The molecule has 0 bridgehead atoms. The highest BCUT2D eigenvalue weighted by Crippen LogP contribution is 2.30. The Balaban J connectivity index is 1.92. The first kappa shape index (κ1) is 8.72. The quantitative estimate of drug-likeness (QED) is 0.637. The van der Waals surface area contributed by atoms with Gasteiger partial charge in [-0.2, -0.15) is 0 Å². The summed E-state index contributed by atoms with van der Waals surface area (Å²) in [6.07, 6.45) is 6.78. The van der Waals surface area contributed by atoms with Gasteiger partial charge in [0.1, 0.15) is 0 Å². The van der Waals surface area contributed by atoms with Crippen LogP contribution in [0, 0.1) is 5.92 Å². The van der Waals surface area contributed by atoms with Gasteiger partial charge in [-0.1, -0.05) is 41.6 Å². The van der Waals surface area contributed by atoms with Crippen molar-refractivity contribution in [2.24, 2.45) is 11.1 Å². The first-order valence-electron chi connectivity index (χ1n) is 5.41. The molecule has 0 amide bonds. The van der Waals surface area contributed by atoms with Crippen LogP contribution in [0.5, 0.6) is 0 Å². The normalized spacial score (nSPS) is 28.1. The van der Waals surface area contributed by atoms with E-state index in [4.69, 9.17) is 4.84 Å². The monoisotopic (exact) mass is 199 g/mol. The van der Waals surface area contributed by atoms with E-state index >= 15 is 0 Å². The maximum absolute atomic E-state index is 5.43.